The standard InChI is InChI=1S/C15H16N4O2S/c1-9-14(18-12-5-3-2-4-11(12)16-9)22-8-13(20)19-15(21)17-10-6-7-10/h2-5,10H,6-8H2,1H3,(H2,17,19,20,21). The maximum absolute atomic E-state index is 11.8. The Morgan fingerprint density at radius 1 is 1.23 bits per heavy atom. The number of aromatic nitrogens is 2. The molecular weight excluding hydrogens is 300 g/mol. The molecule has 1 aromatic carbocycles. The van der Waals surface area contributed by atoms with E-state index < -0.39 is 6.03 Å². The maximum Gasteiger partial charge on any atom is 0.321 e. The minimum Gasteiger partial charge on any atom is -0.335 e. The number of aryl methyl sites for hydroxylation is 1. The first-order valence-corrected chi connectivity index (χ1v) is 8.07. The molecule has 0 bridgehead atoms. The average molecular weight is 316 g/mol. The SMILES string of the molecule is Cc1nc2ccccc2nc1SCC(=O)NC(=O)NC1CC1. The third kappa shape index (κ3) is 3.73. The topological polar surface area (TPSA) is 84.0 Å². The number of benzene rings is 1. The number of nitrogens with zero attached hydrogens (tertiary/aromatic N) is 2. The van der Waals surface area contributed by atoms with Crippen LogP contribution in [0.5, 0.6) is 0 Å². The molecule has 1 saturated carbocycles. The fourth-order valence-electron chi connectivity index (χ4n) is 1.95. The van der Waals surface area contributed by atoms with Crippen LogP contribution in [0.4, 0.5) is 4.79 Å². The highest BCUT2D eigenvalue weighted by Crippen LogP contribution is 2.21. The molecule has 1 aliphatic carbocycles. The Hall–Kier alpha value is -2.15. The van der Waals surface area contributed by atoms with Gasteiger partial charge in [0.05, 0.1) is 22.5 Å². The van der Waals surface area contributed by atoms with Gasteiger partial charge in [-0.2, -0.15) is 0 Å². The number of rotatable bonds is 4. The average Bonchev–Trinajstić information content (AvgIpc) is 3.28. The quantitative estimate of drug-likeness (QED) is 0.843. The Morgan fingerprint density at radius 3 is 2.59 bits per heavy atom. The van der Waals surface area contributed by atoms with Crippen LogP contribution < -0.4 is 10.6 Å². The third-order valence-corrected chi connectivity index (χ3v) is 4.27. The molecule has 114 valence electrons. The number of thioether (sulfide) groups is 1. The summed E-state index contributed by atoms with van der Waals surface area (Å²) < 4.78 is 0. The molecule has 1 aliphatic rings. The van der Waals surface area contributed by atoms with Gasteiger partial charge in [0.1, 0.15) is 5.03 Å². The lowest BCUT2D eigenvalue weighted by molar-refractivity contribution is -0.117. The van der Waals surface area contributed by atoms with Crippen molar-refractivity contribution in [1.29, 1.82) is 0 Å². The van der Waals surface area contributed by atoms with E-state index in [1.165, 1.54) is 11.8 Å². The van der Waals surface area contributed by atoms with Crippen molar-refractivity contribution in [1.82, 2.24) is 20.6 Å². The summed E-state index contributed by atoms with van der Waals surface area (Å²) in [7, 11) is 0. The molecule has 0 aliphatic heterocycles. The summed E-state index contributed by atoms with van der Waals surface area (Å²) in [6.07, 6.45) is 1.98. The van der Waals surface area contributed by atoms with Crippen LogP contribution >= 0.6 is 11.8 Å². The Bertz CT molecular complexity index is 731. The molecule has 2 N–H and O–H groups in total. The summed E-state index contributed by atoms with van der Waals surface area (Å²) in [4.78, 5) is 32.2. The number of carbonyl (C=O) groups is 2. The smallest absolute Gasteiger partial charge is 0.321 e. The van der Waals surface area contributed by atoms with Crippen LogP contribution in [-0.2, 0) is 4.79 Å². The van der Waals surface area contributed by atoms with Crippen LogP contribution in [0.2, 0.25) is 0 Å². The monoisotopic (exact) mass is 316 g/mol. The van der Waals surface area contributed by atoms with Crippen molar-refractivity contribution in [2.75, 3.05) is 5.75 Å². The third-order valence-electron chi connectivity index (χ3n) is 3.21. The Balaban J connectivity index is 1.59. The van der Waals surface area contributed by atoms with Crippen LogP contribution in [0.3, 0.4) is 0 Å². The van der Waals surface area contributed by atoms with Crippen molar-refractivity contribution in [2.24, 2.45) is 0 Å². The van der Waals surface area contributed by atoms with E-state index in [0.29, 0.717) is 5.03 Å². The van der Waals surface area contributed by atoms with Crippen molar-refractivity contribution in [3.63, 3.8) is 0 Å². The normalized spacial score (nSPS) is 13.9. The number of hydrogen-bond donors (Lipinski definition) is 2. The molecule has 1 heterocycles. The molecule has 7 heteroatoms. The predicted molar refractivity (Wildman–Crippen MR) is 84.7 cm³/mol. The van der Waals surface area contributed by atoms with Crippen LogP contribution in [0.25, 0.3) is 11.0 Å². The maximum atomic E-state index is 11.8. The molecule has 2 aromatic rings. The molecule has 1 aromatic heterocycles. The number of nitrogens with one attached hydrogen (secondary N) is 2. The zero-order chi connectivity index (χ0) is 15.5. The van der Waals surface area contributed by atoms with E-state index in [2.05, 4.69) is 20.6 Å². The van der Waals surface area contributed by atoms with Gasteiger partial charge < -0.3 is 5.32 Å². The fraction of sp³-hybridized carbons (Fsp3) is 0.333. The lowest BCUT2D eigenvalue weighted by Gasteiger charge is -2.07. The lowest BCUT2D eigenvalue weighted by atomic mass is 10.3. The van der Waals surface area contributed by atoms with E-state index in [-0.39, 0.29) is 17.7 Å². The summed E-state index contributed by atoms with van der Waals surface area (Å²) in [5.74, 6) is -0.205. The predicted octanol–water partition coefficient (Wildman–Crippen LogP) is 2.02. The second kappa shape index (κ2) is 6.31. The van der Waals surface area contributed by atoms with Gasteiger partial charge in [-0.15, -0.1) is 0 Å². The van der Waals surface area contributed by atoms with Crippen LogP contribution in [0.1, 0.15) is 18.5 Å². The van der Waals surface area contributed by atoms with Crippen molar-refractivity contribution < 1.29 is 9.59 Å². The molecule has 3 amide bonds. The molecule has 0 unspecified atom stereocenters. The van der Waals surface area contributed by atoms with E-state index in [9.17, 15) is 9.59 Å². The molecule has 0 atom stereocenters. The van der Waals surface area contributed by atoms with Crippen molar-refractivity contribution >= 4 is 34.7 Å². The zero-order valence-corrected chi connectivity index (χ0v) is 12.9. The lowest BCUT2D eigenvalue weighted by Crippen LogP contribution is -2.41. The van der Waals surface area contributed by atoms with Gasteiger partial charge in [-0.05, 0) is 31.9 Å². The van der Waals surface area contributed by atoms with Gasteiger partial charge in [0.25, 0.3) is 0 Å². The van der Waals surface area contributed by atoms with Crippen molar-refractivity contribution in [3.05, 3.63) is 30.0 Å². The van der Waals surface area contributed by atoms with Gasteiger partial charge in [0.15, 0.2) is 0 Å². The summed E-state index contributed by atoms with van der Waals surface area (Å²) in [6.45, 7) is 1.86. The number of hydrogen-bond acceptors (Lipinski definition) is 5. The van der Waals surface area contributed by atoms with Crippen LogP contribution in [-0.4, -0.2) is 33.7 Å². The van der Waals surface area contributed by atoms with Gasteiger partial charge in [0, 0.05) is 6.04 Å². The number of amides is 3. The second-order valence-electron chi connectivity index (χ2n) is 5.19. The zero-order valence-electron chi connectivity index (χ0n) is 12.1. The molecule has 0 radical (unpaired) electrons. The van der Waals surface area contributed by atoms with Crippen molar-refractivity contribution in [2.45, 2.75) is 30.8 Å². The first kappa shape index (κ1) is 14.8. The molecule has 6 nitrogen and oxygen atoms in total. The fourth-order valence-corrected chi connectivity index (χ4v) is 2.71. The highest BCUT2D eigenvalue weighted by molar-refractivity contribution is 7.99. The largest absolute Gasteiger partial charge is 0.335 e. The molecule has 0 spiro atoms. The highest BCUT2D eigenvalue weighted by atomic mass is 32.2. The van der Waals surface area contributed by atoms with E-state index in [1.54, 1.807) is 0 Å². The van der Waals surface area contributed by atoms with Crippen LogP contribution in [0, 0.1) is 6.92 Å². The minimum absolute atomic E-state index is 0.131. The Labute approximate surface area is 132 Å². The summed E-state index contributed by atoms with van der Waals surface area (Å²) in [5.41, 5.74) is 2.40. The molecule has 3 rings (SSSR count). The van der Waals surface area contributed by atoms with E-state index >= 15 is 0 Å². The Morgan fingerprint density at radius 2 is 1.91 bits per heavy atom. The van der Waals surface area contributed by atoms with E-state index in [1.807, 2.05) is 31.2 Å². The van der Waals surface area contributed by atoms with Gasteiger partial charge in [-0.3, -0.25) is 10.1 Å². The van der Waals surface area contributed by atoms with E-state index in [0.717, 1.165) is 29.6 Å². The number of imide groups is 1. The summed E-state index contributed by atoms with van der Waals surface area (Å²) in [5, 5.41) is 5.74. The van der Waals surface area contributed by atoms with Gasteiger partial charge >= 0.3 is 6.03 Å². The number of para-hydroxylation sites is 2. The van der Waals surface area contributed by atoms with Crippen LogP contribution in [0.15, 0.2) is 29.3 Å². The summed E-state index contributed by atoms with van der Waals surface area (Å²) >= 11 is 1.28. The number of carbonyl (C=O) groups excluding carboxylic acids is 2. The Kier molecular flexibility index (Phi) is 4.24. The van der Waals surface area contributed by atoms with Gasteiger partial charge in [0.2, 0.25) is 5.91 Å². The first-order valence-electron chi connectivity index (χ1n) is 7.08. The van der Waals surface area contributed by atoms with Gasteiger partial charge in [-0.1, -0.05) is 23.9 Å². The minimum atomic E-state index is -0.422. The molecule has 22 heavy (non-hydrogen) atoms. The number of fused-ring (bicyclic) bond motifs is 1. The molecular formula is C15H16N4O2S. The first-order chi connectivity index (χ1) is 10.6. The number of urea groups is 1. The van der Waals surface area contributed by atoms with E-state index in [4.69, 9.17) is 0 Å². The van der Waals surface area contributed by atoms with Crippen molar-refractivity contribution in [3.8, 4) is 0 Å². The van der Waals surface area contributed by atoms with Gasteiger partial charge in [-0.25, -0.2) is 14.8 Å². The molecule has 0 saturated heterocycles. The summed E-state index contributed by atoms with van der Waals surface area (Å²) in [6, 6.07) is 7.40. The molecule has 1 fully saturated rings. The highest BCUT2D eigenvalue weighted by Gasteiger charge is 2.23. The second-order valence-corrected chi connectivity index (χ2v) is 6.15.